The lowest BCUT2D eigenvalue weighted by molar-refractivity contribution is 0.266. The summed E-state index contributed by atoms with van der Waals surface area (Å²) in [7, 11) is 0. The van der Waals surface area contributed by atoms with E-state index in [1.54, 1.807) is 0 Å². The van der Waals surface area contributed by atoms with Crippen LogP contribution in [-0.2, 0) is 0 Å². The number of aryl methyl sites for hydroxylation is 1. The predicted molar refractivity (Wildman–Crippen MR) is 88.3 cm³/mol. The molecule has 1 aromatic rings. The Balaban J connectivity index is 2.18. The molecule has 2 heteroatoms. The van der Waals surface area contributed by atoms with E-state index < -0.39 is 0 Å². The highest BCUT2D eigenvalue weighted by molar-refractivity contribution is 5.50. The summed E-state index contributed by atoms with van der Waals surface area (Å²) in [5.41, 5.74) is 2.39. The minimum absolute atomic E-state index is 0.187. The molecule has 1 atom stereocenters. The van der Waals surface area contributed by atoms with Crippen LogP contribution in [0.25, 0.3) is 0 Å². The Morgan fingerprint density at radius 1 is 1.00 bits per heavy atom. The van der Waals surface area contributed by atoms with E-state index in [4.69, 9.17) is 0 Å². The van der Waals surface area contributed by atoms with Crippen LogP contribution < -0.4 is 5.32 Å². The summed E-state index contributed by atoms with van der Waals surface area (Å²) in [5.74, 6) is 0. The molecule has 0 fully saturated rings. The number of hydrogen-bond acceptors (Lipinski definition) is 2. The largest absolute Gasteiger partial charge is 0.394 e. The van der Waals surface area contributed by atoms with Gasteiger partial charge in [-0.25, -0.2) is 0 Å². The van der Waals surface area contributed by atoms with E-state index in [9.17, 15) is 5.11 Å². The van der Waals surface area contributed by atoms with Crippen molar-refractivity contribution < 1.29 is 5.11 Å². The van der Waals surface area contributed by atoms with Crippen molar-refractivity contribution in [2.45, 2.75) is 71.3 Å². The number of hydrogen-bond donors (Lipinski definition) is 2. The molecule has 0 aliphatic rings. The van der Waals surface area contributed by atoms with Crippen molar-refractivity contribution in [2.75, 3.05) is 11.9 Å². The van der Waals surface area contributed by atoms with Gasteiger partial charge < -0.3 is 10.4 Å². The van der Waals surface area contributed by atoms with Gasteiger partial charge in [0.25, 0.3) is 0 Å². The molecular weight excluding hydrogens is 246 g/mol. The molecule has 0 radical (unpaired) electrons. The molecule has 0 aromatic heterocycles. The fraction of sp³-hybridized carbons (Fsp3) is 0.667. The van der Waals surface area contributed by atoms with Crippen molar-refractivity contribution in [3.05, 3.63) is 29.8 Å². The number of unbranched alkanes of at least 4 members (excludes halogenated alkanes) is 6. The maximum atomic E-state index is 9.49. The van der Waals surface area contributed by atoms with Crippen LogP contribution in [0.15, 0.2) is 24.3 Å². The average molecular weight is 277 g/mol. The monoisotopic (exact) mass is 277 g/mol. The molecule has 1 rings (SSSR count). The zero-order valence-corrected chi connectivity index (χ0v) is 13.2. The highest BCUT2D eigenvalue weighted by Crippen LogP contribution is 2.17. The van der Waals surface area contributed by atoms with Gasteiger partial charge in [0, 0.05) is 11.7 Å². The Bertz CT molecular complexity index is 351. The summed E-state index contributed by atoms with van der Waals surface area (Å²) in [6.07, 6.45) is 10.3. The molecule has 0 spiro atoms. The lowest BCUT2D eigenvalue weighted by Gasteiger charge is -2.19. The molecule has 0 bridgehead atoms. The fourth-order valence-electron chi connectivity index (χ4n) is 2.51. The van der Waals surface area contributed by atoms with Crippen LogP contribution in [-0.4, -0.2) is 17.8 Å². The van der Waals surface area contributed by atoms with E-state index >= 15 is 0 Å². The molecule has 0 amide bonds. The van der Waals surface area contributed by atoms with Gasteiger partial charge in [0.1, 0.15) is 0 Å². The topological polar surface area (TPSA) is 32.3 Å². The third-order valence-electron chi connectivity index (χ3n) is 3.88. The Morgan fingerprint density at radius 2 is 1.65 bits per heavy atom. The Kier molecular flexibility index (Phi) is 9.14. The van der Waals surface area contributed by atoms with Gasteiger partial charge >= 0.3 is 0 Å². The summed E-state index contributed by atoms with van der Waals surface area (Å²) in [4.78, 5) is 0. The molecule has 2 nitrogen and oxygen atoms in total. The first kappa shape index (κ1) is 17.0. The van der Waals surface area contributed by atoms with Crippen LogP contribution >= 0.6 is 0 Å². The van der Waals surface area contributed by atoms with Crippen molar-refractivity contribution in [1.82, 2.24) is 0 Å². The standard InChI is InChI=1S/C18H31NO/c1-3-4-5-6-7-8-9-13-17(15-20)19-18-14-11-10-12-16(18)2/h10-12,14,17,19-20H,3-9,13,15H2,1-2H3. The van der Waals surface area contributed by atoms with Gasteiger partial charge in [-0.05, 0) is 25.0 Å². The van der Waals surface area contributed by atoms with E-state index in [2.05, 4.69) is 31.3 Å². The number of anilines is 1. The Morgan fingerprint density at radius 3 is 2.30 bits per heavy atom. The van der Waals surface area contributed by atoms with Crippen LogP contribution in [0.4, 0.5) is 5.69 Å². The van der Waals surface area contributed by atoms with E-state index in [1.807, 2.05) is 12.1 Å². The molecule has 0 aliphatic heterocycles. The summed E-state index contributed by atoms with van der Waals surface area (Å²) in [6, 6.07) is 8.46. The lowest BCUT2D eigenvalue weighted by atomic mass is 10.0. The number of para-hydroxylation sites is 1. The first-order valence-electron chi connectivity index (χ1n) is 8.21. The van der Waals surface area contributed by atoms with E-state index in [0.717, 1.165) is 12.1 Å². The van der Waals surface area contributed by atoms with Gasteiger partial charge in [-0.2, -0.15) is 0 Å². The van der Waals surface area contributed by atoms with E-state index in [0.29, 0.717) is 0 Å². The van der Waals surface area contributed by atoms with Crippen molar-refractivity contribution in [2.24, 2.45) is 0 Å². The first-order valence-corrected chi connectivity index (χ1v) is 8.21. The van der Waals surface area contributed by atoms with Gasteiger partial charge in [-0.1, -0.05) is 70.1 Å². The molecule has 1 aromatic carbocycles. The number of rotatable bonds is 11. The second-order valence-electron chi connectivity index (χ2n) is 5.75. The lowest BCUT2D eigenvalue weighted by Crippen LogP contribution is -2.24. The minimum atomic E-state index is 0.187. The second kappa shape index (κ2) is 10.7. The number of aliphatic hydroxyl groups excluding tert-OH is 1. The van der Waals surface area contributed by atoms with Crippen LogP contribution in [0.2, 0.25) is 0 Å². The average Bonchev–Trinajstić information content (AvgIpc) is 2.47. The number of nitrogens with one attached hydrogen (secondary N) is 1. The van der Waals surface area contributed by atoms with Crippen molar-refractivity contribution >= 4 is 5.69 Å². The third-order valence-corrected chi connectivity index (χ3v) is 3.88. The van der Waals surface area contributed by atoms with Crippen LogP contribution in [0.3, 0.4) is 0 Å². The number of aliphatic hydroxyl groups is 1. The second-order valence-corrected chi connectivity index (χ2v) is 5.75. The van der Waals surface area contributed by atoms with E-state index in [-0.39, 0.29) is 12.6 Å². The zero-order valence-electron chi connectivity index (χ0n) is 13.2. The molecule has 0 saturated heterocycles. The molecule has 1 unspecified atom stereocenters. The molecule has 114 valence electrons. The Hall–Kier alpha value is -1.02. The zero-order chi connectivity index (χ0) is 14.6. The molecule has 2 N–H and O–H groups in total. The number of benzene rings is 1. The first-order chi connectivity index (χ1) is 9.77. The van der Waals surface area contributed by atoms with Crippen molar-refractivity contribution in [3.8, 4) is 0 Å². The van der Waals surface area contributed by atoms with Crippen LogP contribution in [0.5, 0.6) is 0 Å². The summed E-state index contributed by atoms with van der Waals surface area (Å²) >= 11 is 0. The van der Waals surface area contributed by atoms with Crippen molar-refractivity contribution in [3.63, 3.8) is 0 Å². The quantitative estimate of drug-likeness (QED) is 0.563. The van der Waals surface area contributed by atoms with Crippen molar-refractivity contribution in [1.29, 1.82) is 0 Å². The molecule has 0 aliphatic carbocycles. The third kappa shape index (κ3) is 6.95. The SMILES string of the molecule is CCCCCCCCCC(CO)Nc1ccccc1C. The Labute approximate surface area is 124 Å². The summed E-state index contributed by atoms with van der Waals surface area (Å²) < 4.78 is 0. The molecule has 20 heavy (non-hydrogen) atoms. The van der Waals surface area contributed by atoms with Crippen LogP contribution in [0.1, 0.15) is 63.9 Å². The fourth-order valence-corrected chi connectivity index (χ4v) is 2.51. The molecule has 0 saturated carbocycles. The smallest absolute Gasteiger partial charge is 0.0632 e. The minimum Gasteiger partial charge on any atom is -0.394 e. The predicted octanol–water partition coefficient (Wildman–Crippen LogP) is 4.91. The summed E-state index contributed by atoms with van der Waals surface area (Å²) in [6.45, 7) is 4.57. The molecular formula is C18H31NO. The van der Waals surface area contributed by atoms with Gasteiger partial charge in [0.05, 0.1) is 6.61 Å². The molecule has 0 heterocycles. The maximum Gasteiger partial charge on any atom is 0.0632 e. The van der Waals surface area contributed by atoms with Gasteiger partial charge in [0.2, 0.25) is 0 Å². The van der Waals surface area contributed by atoms with Gasteiger partial charge in [-0.3, -0.25) is 0 Å². The van der Waals surface area contributed by atoms with Gasteiger partial charge in [0.15, 0.2) is 0 Å². The maximum absolute atomic E-state index is 9.49. The highest BCUT2D eigenvalue weighted by atomic mass is 16.3. The summed E-state index contributed by atoms with van der Waals surface area (Å²) in [5, 5.41) is 12.9. The highest BCUT2D eigenvalue weighted by Gasteiger charge is 2.07. The van der Waals surface area contributed by atoms with E-state index in [1.165, 1.54) is 50.5 Å². The van der Waals surface area contributed by atoms with Crippen LogP contribution in [0, 0.1) is 6.92 Å². The van der Waals surface area contributed by atoms with Gasteiger partial charge in [-0.15, -0.1) is 0 Å². The normalized spacial score (nSPS) is 12.3.